The Labute approximate surface area is 147 Å². The highest BCUT2D eigenvalue weighted by Crippen LogP contribution is 2.34. The van der Waals surface area contributed by atoms with E-state index in [0.29, 0.717) is 6.10 Å². The zero-order valence-electron chi connectivity index (χ0n) is 14.4. The van der Waals surface area contributed by atoms with Crippen molar-refractivity contribution in [2.45, 2.75) is 44.8 Å². The van der Waals surface area contributed by atoms with Gasteiger partial charge in [-0.25, -0.2) is 0 Å². The van der Waals surface area contributed by atoms with Gasteiger partial charge in [0.15, 0.2) is 0 Å². The number of aryl methyl sites for hydroxylation is 1. The van der Waals surface area contributed by atoms with Crippen molar-refractivity contribution in [1.82, 2.24) is 19.7 Å². The molecule has 0 amide bonds. The average Bonchev–Trinajstić information content (AvgIpc) is 3.32. The highest BCUT2D eigenvalue weighted by atomic mass is 32.1. The SMILES string of the molecule is Cn1cnnc1CC1CCN(Cc2ccc([C@H]3CCCO3)s2)CC1. The van der Waals surface area contributed by atoms with Gasteiger partial charge in [-0.05, 0) is 56.8 Å². The summed E-state index contributed by atoms with van der Waals surface area (Å²) in [5, 5.41) is 8.21. The highest BCUT2D eigenvalue weighted by molar-refractivity contribution is 7.12. The molecule has 4 rings (SSSR count). The van der Waals surface area contributed by atoms with Gasteiger partial charge in [-0.15, -0.1) is 21.5 Å². The van der Waals surface area contributed by atoms with Crippen LogP contribution in [0.5, 0.6) is 0 Å². The number of thiophene rings is 1. The average molecular weight is 347 g/mol. The Bertz CT molecular complexity index is 654. The van der Waals surface area contributed by atoms with Gasteiger partial charge in [0.25, 0.3) is 0 Å². The predicted octanol–water partition coefficient (Wildman–Crippen LogP) is 3.18. The topological polar surface area (TPSA) is 43.2 Å². The second-order valence-corrected chi connectivity index (χ2v) is 8.29. The van der Waals surface area contributed by atoms with Crippen LogP contribution >= 0.6 is 11.3 Å². The second-order valence-electron chi connectivity index (χ2n) is 7.09. The Kier molecular flexibility index (Phi) is 4.96. The smallest absolute Gasteiger partial charge is 0.132 e. The molecular formula is C18H26N4OS. The van der Waals surface area contributed by atoms with Gasteiger partial charge < -0.3 is 9.30 Å². The summed E-state index contributed by atoms with van der Waals surface area (Å²) in [5.74, 6) is 1.86. The van der Waals surface area contributed by atoms with Crippen molar-refractivity contribution in [1.29, 1.82) is 0 Å². The molecule has 0 radical (unpaired) electrons. The molecule has 0 aromatic carbocycles. The fraction of sp³-hybridized carbons (Fsp3) is 0.667. The maximum absolute atomic E-state index is 5.80. The predicted molar refractivity (Wildman–Crippen MR) is 95.0 cm³/mol. The van der Waals surface area contributed by atoms with Crippen LogP contribution in [0.3, 0.4) is 0 Å². The molecule has 2 aliphatic heterocycles. The molecule has 1 atom stereocenters. The molecule has 6 heteroatoms. The lowest BCUT2D eigenvalue weighted by Gasteiger charge is -2.31. The third kappa shape index (κ3) is 3.71. The van der Waals surface area contributed by atoms with E-state index in [9.17, 15) is 0 Å². The van der Waals surface area contributed by atoms with E-state index in [1.807, 2.05) is 23.0 Å². The number of piperidine rings is 1. The lowest BCUT2D eigenvalue weighted by molar-refractivity contribution is 0.114. The Morgan fingerprint density at radius 3 is 2.83 bits per heavy atom. The van der Waals surface area contributed by atoms with Crippen LogP contribution in [0, 0.1) is 5.92 Å². The molecule has 24 heavy (non-hydrogen) atoms. The van der Waals surface area contributed by atoms with Gasteiger partial charge in [0.2, 0.25) is 0 Å². The molecule has 2 aromatic heterocycles. The standard InChI is InChI=1S/C18H26N4OS/c1-21-13-19-20-18(21)11-14-6-8-22(9-7-14)12-15-4-5-17(24-15)16-3-2-10-23-16/h4-5,13-14,16H,2-3,6-12H2,1H3/t16-/m1/s1. The van der Waals surface area contributed by atoms with E-state index >= 15 is 0 Å². The lowest BCUT2D eigenvalue weighted by Crippen LogP contribution is -2.33. The molecule has 2 saturated heterocycles. The van der Waals surface area contributed by atoms with Crippen molar-refractivity contribution in [2.24, 2.45) is 13.0 Å². The Hall–Kier alpha value is -1.24. The van der Waals surface area contributed by atoms with Gasteiger partial charge in [0.05, 0.1) is 6.10 Å². The first-order valence-electron chi connectivity index (χ1n) is 9.03. The number of ether oxygens (including phenoxy) is 1. The van der Waals surface area contributed by atoms with E-state index < -0.39 is 0 Å². The van der Waals surface area contributed by atoms with Crippen molar-refractivity contribution in [3.8, 4) is 0 Å². The zero-order valence-corrected chi connectivity index (χ0v) is 15.2. The molecule has 5 nitrogen and oxygen atoms in total. The molecule has 0 aliphatic carbocycles. The van der Waals surface area contributed by atoms with Crippen LogP contribution < -0.4 is 0 Å². The Morgan fingerprint density at radius 2 is 2.12 bits per heavy atom. The molecule has 0 spiro atoms. The van der Waals surface area contributed by atoms with Crippen molar-refractivity contribution in [3.63, 3.8) is 0 Å². The fourth-order valence-electron chi connectivity index (χ4n) is 3.77. The van der Waals surface area contributed by atoms with E-state index in [1.54, 1.807) is 6.33 Å². The minimum atomic E-state index is 0.362. The van der Waals surface area contributed by atoms with Gasteiger partial charge in [-0.3, -0.25) is 4.90 Å². The number of hydrogen-bond donors (Lipinski definition) is 0. The number of nitrogens with zero attached hydrogens (tertiary/aromatic N) is 4. The maximum Gasteiger partial charge on any atom is 0.132 e. The molecule has 2 fully saturated rings. The molecule has 2 aromatic rings. The van der Waals surface area contributed by atoms with E-state index in [2.05, 4.69) is 27.2 Å². The van der Waals surface area contributed by atoms with Gasteiger partial charge in [-0.2, -0.15) is 0 Å². The van der Waals surface area contributed by atoms with Crippen LogP contribution in [0.1, 0.15) is 47.4 Å². The minimum Gasteiger partial charge on any atom is -0.373 e. The second kappa shape index (κ2) is 7.33. The largest absolute Gasteiger partial charge is 0.373 e. The van der Waals surface area contributed by atoms with Gasteiger partial charge in [0, 0.05) is 36.4 Å². The zero-order chi connectivity index (χ0) is 16.4. The van der Waals surface area contributed by atoms with Crippen LogP contribution in [0.2, 0.25) is 0 Å². The third-order valence-electron chi connectivity index (χ3n) is 5.29. The summed E-state index contributed by atoms with van der Waals surface area (Å²) >= 11 is 1.94. The third-order valence-corrected chi connectivity index (χ3v) is 6.45. The fourth-order valence-corrected chi connectivity index (χ4v) is 4.91. The highest BCUT2D eigenvalue weighted by Gasteiger charge is 2.23. The van der Waals surface area contributed by atoms with Crippen molar-refractivity contribution in [3.05, 3.63) is 34.0 Å². The monoisotopic (exact) mass is 346 g/mol. The molecule has 2 aliphatic rings. The van der Waals surface area contributed by atoms with E-state index in [1.165, 1.54) is 48.5 Å². The van der Waals surface area contributed by atoms with E-state index in [-0.39, 0.29) is 0 Å². The van der Waals surface area contributed by atoms with Crippen LogP contribution in [0.15, 0.2) is 18.5 Å². The summed E-state index contributed by atoms with van der Waals surface area (Å²) in [7, 11) is 2.03. The molecule has 0 unspecified atom stereocenters. The van der Waals surface area contributed by atoms with Crippen LogP contribution in [-0.4, -0.2) is 39.4 Å². The molecule has 0 bridgehead atoms. The summed E-state index contributed by atoms with van der Waals surface area (Å²) in [6.45, 7) is 4.40. The van der Waals surface area contributed by atoms with Crippen molar-refractivity contribution in [2.75, 3.05) is 19.7 Å². The van der Waals surface area contributed by atoms with Crippen LogP contribution in [0.4, 0.5) is 0 Å². The van der Waals surface area contributed by atoms with Gasteiger partial charge in [-0.1, -0.05) is 0 Å². The molecule has 130 valence electrons. The molecule has 4 heterocycles. The normalized spacial score (nSPS) is 23.1. The molecule has 0 N–H and O–H groups in total. The van der Waals surface area contributed by atoms with Gasteiger partial charge in [0.1, 0.15) is 12.2 Å². The maximum atomic E-state index is 5.80. The summed E-state index contributed by atoms with van der Waals surface area (Å²) in [4.78, 5) is 5.49. The number of aromatic nitrogens is 3. The number of hydrogen-bond acceptors (Lipinski definition) is 5. The first-order chi connectivity index (χ1) is 11.8. The first kappa shape index (κ1) is 16.2. The lowest BCUT2D eigenvalue weighted by atomic mass is 9.93. The number of rotatable bonds is 5. The Balaban J connectivity index is 1.26. The summed E-state index contributed by atoms with van der Waals surface area (Å²) in [6, 6.07) is 4.57. The van der Waals surface area contributed by atoms with Gasteiger partial charge >= 0.3 is 0 Å². The van der Waals surface area contributed by atoms with Crippen molar-refractivity contribution < 1.29 is 4.74 Å². The van der Waals surface area contributed by atoms with Crippen LogP contribution in [0.25, 0.3) is 0 Å². The Morgan fingerprint density at radius 1 is 1.25 bits per heavy atom. The van der Waals surface area contributed by atoms with Crippen molar-refractivity contribution >= 4 is 11.3 Å². The summed E-state index contributed by atoms with van der Waals surface area (Å²) in [5.41, 5.74) is 0. The quantitative estimate of drug-likeness (QED) is 0.834. The summed E-state index contributed by atoms with van der Waals surface area (Å²) in [6.07, 6.45) is 8.14. The van der Waals surface area contributed by atoms with E-state index in [0.717, 1.165) is 31.3 Å². The number of likely N-dealkylation sites (tertiary alicyclic amines) is 1. The minimum absolute atomic E-state index is 0.362. The molecule has 0 saturated carbocycles. The summed E-state index contributed by atoms with van der Waals surface area (Å²) < 4.78 is 7.85. The van der Waals surface area contributed by atoms with Crippen LogP contribution in [-0.2, 0) is 24.8 Å². The molecular weight excluding hydrogens is 320 g/mol. The first-order valence-corrected chi connectivity index (χ1v) is 9.85. The van der Waals surface area contributed by atoms with E-state index in [4.69, 9.17) is 4.74 Å².